The van der Waals surface area contributed by atoms with Gasteiger partial charge in [0, 0.05) is 11.7 Å². The predicted octanol–water partition coefficient (Wildman–Crippen LogP) is 1.12. The molecule has 0 radical (unpaired) electrons. The van der Waals surface area contributed by atoms with Crippen molar-refractivity contribution >= 4 is 10.0 Å². The maximum Gasteiger partial charge on any atom is 0.244 e. The van der Waals surface area contributed by atoms with E-state index in [1.807, 2.05) is 20.8 Å². The lowest BCUT2D eigenvalue weighted by molar-refractivity contribution is 0.269. The maximum absolute atomic E-state index is 12.3. The average Bonchev–Trinajstić information content (AvgIpc) is 2.86. The maximum atomic E-state index is 12.3. The van der Waals surface area contributed by atoms with E-state index in [9.17, 15) is 8.42 Å². The summed E-state index contributed by atoms with van der Waals surface area (Å²) in [6, 6.07) is 0. The van der Waals surface area contributed by atoms with Crippen molar-refractivity contribution < 1.29 is 13.5 Å². The van der Waals surface area contributed by atoms with Crippen LogP contribution in [-0.2, 0) is 16.6 Å². The molecule has 2 N–H and O–H groups in total. The number of aromatic nitrogens is 2. The smallest absolute Gasteiger partial charge is 0.244 e. The molecule has 0 unspecified atom stereocenters. The van der Waals surface area contributed by atoms with Crippen molar-refractivity contribution in [2.75, 3.05) is 6.61 Å². The predicted molar refractivity (Wildman–Crippen MR) is 73.2 cm³/mol. The normalized spacial score (nSPS) is 12.8. The summed E-state index contributed by atoms with van der Waals surface area (Å²) in [6.45, 7) is 6.15. The van der Waals surface area contributed by atoms with Crippen molar-refractivity contribution in [2.45, 2.75) is 57.0 Å². The van der Waals surface area contributed by atoms with Gasteiger partial charge >= 0.3 is 0 Å². The van der Waals surface area contributed by atoms with Gasteiger partial charge in [-0.25, -0.2) is 13.1 Å². The lowest BCUT2D eigenvalue weighted by Gasteiger charge is -2.30. The van der Waals surface area contributed by atoms with Crippen LogP contribution in [0.25, 0.3) is 0 Å². The molecule has 7 heteroatoms. The fraction of sp³-hybridized carbons (Fsp3) is 0.750. The molecular weight excluding hydrogens is 266 g/mol. The highest BCUT2D eigenvalue weighted by Crippen LogP contribution is 2.22. The quantitative estimate of drug-likeness (QED) is 0.751. The van der Waals surface area contributed by atoms with Crippen molar-refractivity contribution in [3.8, 4) is 0 Å². The second-order valence-electron chi connectivity index (χ2n) is 4.61. The highest BCUT2D eigenvalue weighted by molar-refractivity contribution is 7.89. The van der Waals surface area contributed by atoms with Crippen LogP contribution in [0.1, 0.15) is 40.0 Å². The van der Waals surface area contributed by atoms with E-state index in [4.69, 9.17) is 5.11 Å². The van der Waals surface area contributed by atoms with Gasteiger partial charge in [0.1, 0.15) is 4.90 Å². The standard InChI is InChI=1S/C12H23N3O3S/c1-4-12(5-2,6-3)14-19(17,18)11-9-13-15(10-11)7-8-16/h9-10,14,16H,4-8H2,1-3H3. The molecule has 1 aromatic heterocycles. The van der Waals surface area contributed by atoms with Gasteiger partial charge in [0.25, 0.3) is 0 Å². The van der Waals surface area contributed by atoms with Crippen LogP contribution in [0.5, 0.6) is 0 Å². The molecule has 0 atom stereocenters. The first kappa shape index (κ1) is 16.1. The highest BCUT2D eigenvalue weighted by Gasteiger charge is 2.30. The first-order chi connectivity index (χ1) is 8.93. The monoisotopic (exact) mass is 289 g/mol. The first-order valence-electron chi connectivity index (χ1n) is 6.60. The second-order valence-corrected chi connectivity index (χ2v) is 6.29. The molecule has 0 aromatic carbocycles. The summed E-state index contributed by atoms with van der Waals surface area (Å²) in [5, 5.41) is 12.7. The van der Waals surface area contributed by atoms with Crippen LogP contribution in [0.4, 0.5) is 0 Å². The number of rotatable bonds is 8. The molecule has 19 heavy (non-hydrogen) atoms. The zero-order valence-electron chi connectivity index (χ0n) is 11.8. The number of aliphatic hydroxyl groups is 1. The average molecular weight is 289 g/mol. The Morgan fingerprint density at radius 2 is 1.89 bits per heavy atom. The Morgan fingerprint density at radius 1 is 1.32 bits per heavy atom. The molecule has 0 saturated heterocycles. The molecule has 6 nitrogen and oxygen atoms in total. The van der Waals surface area contributed by atoms with E-state index in [0.29, 0.717) is 0 Å². The summed E-state index contributed by atoms with van der Waals surface area (Å²) >= 11 is 0. The molecule has 0 aliphatic heterocycles. The van der Waals surface area contributed by atoms with Crippen LogP contribution in [-0.4, -0.2) is 35.5 Å². The van der Waals surface area contributed by atoms with E-state index >= 15 is 0 Å². The van der Waals surface area contributed by atoms with Gasteiger partial charge < -0.3 is 5.11 Å². The van der Waals surface area contributed by atoms with Crippen LogP contribution in [0, 0.1) is 0 Å². The summed E-state index contributed by atoms with van der Waals surface area (Å²) in [6.07, 6.45) is 4.96. The Kier molecular flexibility index (Phi) is 5.51. The molecule has 0 fully saturated rings. The van der Waals surface area contributed by atoms with Crippen LogP contribution in [0.3, 0.4) is 0 Å². The Labute approximate surface area is 114 Å². The number of hydrogen-bond donors (Lipinski definition) is 2. The molecule has 0 aliphatic carbocycles. The molecule has 0 saturated carbocycles. The van der Waals surface area contributed by atoms with Gasteiger partial charge in [-0.3, -0.25) is 4.68 Å². The topological polar surface area (TPSA) is 84.2 Å². The lowest BCUT2D eigenvalue weighted by Crippen LogP contribution is -2.46. The molecule has 1 heterocycles. The van der Waals surface area contributed by atoms with Gasteiger partial charge in [-0.1, -0.05) is 20.8 Å². The van der Waals surface area contributed by atoms with Crippen molar-refractivity contribution in [3.63, 3.8) is 0 Å². The molecule has 0 spiro atoms. The molecule has 0 aliphatic rings. The van der Waals surface area contributed by atoms with E-state index < -0.39 is 15.6 Å². The molecule has 0 bridgehead atoms. The summed E-state index contributed by atoms with van der Waals surface area (Å²) in [5.41, 5.74) is -0.405. The summed E-state index contributed by atoms with van der Waals surface area (Å²) in [7, 11) is -3.57. The van der Waals surface area contributed by atoms with Crippen molar-refractivity contribution in [1.29, 1.82) is 0 Å². The molecule has 110 valence electrons. The van der Waals surface area contributed by atoms with E-state index in [0.717, 1.165) is 19.3 Å². The third kappa shape index (κ3) is 3.77. The Hall–Kier alpha value is -0.920. The Morgan fingerprint density at radius 3 is 2.37 bits per heavy atom. The zero-order chi connectivity index (χ0) is 14.5. The van der Waals surface area contributed by atoms with Crippen LogP contribution < -0.4 is 4.72 Å². The largest absolute Gasteiger partial charge is 0.394 e. The van der Waals surface area contributed by atoms with Crippen molar-refractivity contribution in [3.05, 3.63) is 12.4 Å². The van der Waals surface area contributed by atoms with E-state index in [2.05, 4.69) is 9.82 Å². The van der Waals surface area contributed by atoms with Gasteiger partial charge in [-0.2, -0.15) is 5.10 Å². The Bertz CT molecular complexity index is 484. The van der Waals surface area contributed by atoms with E-state index in [1.165, 1.54) is 17.1 Å². The third-order valence-corrected chi connectivity index (χ3v) is 5.16. The van der Waals surface area contributed by atoms with E-state index in [-0.39, 0.29) is 18.0 Å². The van der Waals surface area contributed by atoms with Gasteiger partial charge in [0.2, 0.25) is 10.0 Å². The summed E-state index contributed by atoms with van der Waals surface area (Å²) < 4.78 is 28.8. The molecule has 0 amide bonds. The number of aliphatic hydroxyl groups excluding tert-OH is 1. The van der Waals surface area contributed by atoms with Gasteiger partial charge in [0.05, 0.1) is 19.3 Å². The van der Waals surface area contributed by atoms with Crippen molar-refractivity contribution in [1.82, 2.24) is 14.5 Å². The minimum atomic E-state index is -3.57. The minimum Gasteiger partial charge on any atom is -0.394 e. The minimum absolute atomic E-state index is 0.0720. The third-order valence-electron chi connectivity index (χ3n) is 3.63. The van der Waals surface area contributed by atoms with Gasteiger partial charge in [0.15, 0.2) is 0 Å². The fourth-order valence-corrected chi connectivity index (χ4v) is 3.59. The van der Waals surface area contributed by atoms with Gasteiger partial charge in [-0.05, 0) is 19.3 Å². The first-order valence-corrected chi connectivity index (χ1v) is 8.08. The molecule has 1 rings (SSSR count). The van der Waals surface area contributed by atoms with Crippen LogP contribution in [0.2, 0.25) is 0 Å². The Balaban J connectivity index is 2.96. The number of nitrogens with one attached hydrogen (secondary N) is 1. The fourth-order valence-electron chi connectivity index (χ4n) is 2.02. The summed E-state index contributed by atoms with van der Waals surface area (Å²) in [4.78, 5) is 0.140. The second kappa shape index (κ2) is 6.49. The molecular formula is C12H23N3O3S. The number of sulfonamides is 1. The lowest BCUT2D eigenvalue weighted by atomic mass is 9.91. The van der Waals surface area contributed by atoms with E-state index in [1.54, 1.807) is 0 Å². The number of hydrogen-bond acceptors (Lipinski definition) is 4. The van der Waals surface area contributed by atoms with Gasteiger partial charge in [-0.15, -0.1) is 0 Å². The van der Waals surface area contributed by atoms with Crippen LogP contribution >= 0.6 is 0 Å². The van der Waals surface area contributed by atoms with Crippen LogP contribution in [0.15, 0.2) is 17.3 Å². The molecule has 1 aromatic rings. The zero-order valence-corrected chi connectivity index (χ0v) is 12.6. The van der Waals surface area contributed by atoms with Crippen molar-refractivity contribution in [2.24, 2.45) is 0 Å². The SMILES string of the molecule is CCC(CC)(CC)NS(=O)(=O)c1cnn(CCO)c1. The highest BCUT2D eigenvalue weighted by atomic mass is 32.2. The summed E-state index contributed by atoms with van der Waals surface area (Å²) in [5.74, 6) is 0. The number of nitrogens with zero attached hydrogens (tertiary/aromatic N) is 2.